The maximum atomic E-state index is 11.7. The fraction of sp³-hybridized carbons (Fsp3) is 0.400. The van der Waals surface area contributed by atoms with Gasteiger partial charge in [0.2, 0.25) is 0 Å². The number of methoxy groups -OCH3 is 1. The first-order valence-electron chi connectivity index (χ1n) is 9.30. The van der Waals surface area contributed by atoms with Crippen molar-refractivity contribution < 1.29 is 14.3 Å². The second-order valence-corrected chi connectivity index (χ2v) is 7.65. The van der Waals surface area contributed by atoms with Crippen molar-refractivity contribution in [2.24, 2.45) is 0 Å². The molecule has 0 radical (unpaired) electrons. The van der Waals surface area contributed by atoms with Gasteiger partial charge in [0.1, 0.15) is 6.23 Å². The molecule has 0 saturated carbocycles. The van der Waals surface area contributed by atoms with Crippen molar-refractivity contribution in [3.8, 4) is 11.1 Å². The van der Waals surface area contributed by atoms with Crippen LogP contribution < -0.4 is 0 Å². The van der Waals surface area contributed by atoms with E-state index in [4.69, 9.17) is 32.7 Å². The van der Waals surface area contributed by atoms with Crippen LogP contribution in [0.4, 0.5) is 0 Å². The first kappa shape index (κ1) is 19.3. The highest BCUT2D eigenvalue weighted by molar-refractivity contribution is 6.45. The van der Waals surface area contributed by atoms with Gasteiger partial charge in [0.05, 0.1) is 35.3 Å². The number of halogens is 2. The molecule has 3 heterocycles. The average molecular weight is 422 g/mol. The number of benzene rings is 1. The molecule has 1 aliphatic heterocycles. The third kappa shape index (κ3) is 3.64. The molecule has 148 valence electrons. The van der Waals surface area contributed by atoms with E-state index in [-0.39, 0.29) is 18.6 Å². The molecule has 1 aliphatic rings. The van der Waals surface area contributed by atoms with Crippen LogP contribution in [0.1, 0.15) is 37.6 Å². The molecule has 1 saturated heterocycles. The van der Waals surface area contributed by atoms with Crippen LogP contribution in [0.5, 0.6) is 0 Å². The Morgan fingerprint density at radius 2 is 2.25 bits per heavy atom. The first-order chi connectivity index (χ1) is 13.6. The van der Waals surface area contributed by atoms with E-state index in [1.807, 2.05) is 23.1 Å². The third-order valence-electron chi connectivity index (χ3n) is 5.09. The lowest BCUT2D eigenvalue weighted by Crippen LogP contribution is -2.18. The standard InChI is InChI=1S/C20H21Cl2N3O3/c1-27-17(26)8-7-15-18(13-5-6-14(21)19(22)20(13)24-15)12-10-23-25(11-12)16-4-2-3-9-28-16/h5-6,10-11,16,24H,2-4,7-9H2,1H3. The number of H-pyrrole nitrogens is 1. The van der Waals surface area contributed by atoms with Crippen LogP contribution >= 0.6 is 23.2 Å². The predicted octanol–water partition coefficient (Wildman–Crippen LogP) is 5.14. The molecule has 1 fully saturated rings. The van der Waals surface area contributed by atoms with E-state index in [1.165, 1.54) is 7.11 Å². The zero-order valence-electron chi connectivity index (χ0n) is 15.5. The Balaban J connectivity index is 1.76. The SMILES string of the molecule is COC(=O)CCc1[nH]c2c(Cl)c(Cl)ccc2c1-c1cnn(C2CCCCO2)c1. The molecular formula is C20H21Cl2N3O3. The molecule has 1 unspecified atom stereocenters. The Bertz CT molecular complexity index is 1010. The van der Waals surface area contributed by atoms with Gasteiger partial charge in [-0.25, -0.2) is 4.68 Å². The highest BCUT2D eigenvalue weighted by Crippen LogP contribution is 2.39. The largest absolute Gasteiger partial charge is 0.469 e. The van der Waals surface area contributed by atoms with E-state index in [1.54, 1.807) is 6.07 Å². The van der Waals surface area contributed by atoms with Crippen molar-refractivity contribution >= 4 is 40.1 Å². The van der Waals surface area contributed by atoms with Crippen molar-refractivity contribution in [2.75, 3.05) is 13.7 Å². The molecule has 0 amide bonds. The number of carbonyl (C=O) groups is 1. The van der Waals surface area contributed by atoms with Gasteiger partial charge < -0.3 is 14.5 Å². The number of ether oxygens (including phenoxy) is 2. The van der Waals surface area contributed by atoms with Gasteiger partial charge in [0.25, 0.3) is 0 Å². The second kappa shape index (κ2) is 8.15. The van der Waals surface area contributed by atoms with Crippen molar-refractivity contribution in [3.05, 3.63) is 40.3 Å². The summed E-state index contributed by atoms with van der Waals surface area (Å²) < 4.78 is 12.5. The minimum absolute atomic E-state index is 0.0377. The Kier molecular flexibility index (Phi) is 5.62. The van der Waals surface area contributed by atoms with Crippen LogP contribution in [-0.4, -0.2) is 34.5 Å². The molecule has 1 N–H and O–H groups in total. The Morgan fingerprint density at radius 1 is 1.39 bits per heavy atom. The van der Waals surface area contributed by atoms with Crippen LogP contribution in [0.2, 0.25) is 10.0 Å². The van der Waals surface area contributed by atoms with Crippen molar-refractivity contribution in [2.45, 2.75) is 38.3 Å². The minimum atomic E-state index is -0.264. The van der Waals surface area contributed by atoms with Crippen LogP contribution in [0, 0.1) is 0 Å². The number of aromatic nitrogens is 3. The molecule has 0 bridgehead atoms. The van der Waals surface area contributed by atoms with Crippen LogP contribution in [0.15, 0.2) is 24.5 Å². The van der Waals surface area contributed by atoms with Crippen molar-refractivity contribution in [3.63, 3.8) is 0 Å². The fourth-order valence-electron chi connectivity index (χ4n) is 3.66. The molecule has 3 aromatic rings. The lowest BCUT2D eigenvalue weighted by molar-refractivity contribution is -0.140. The molecule has 1 atom stereocenters. The third-order valence-corrected chi connectivity index (χ3v) is 5.89. The first-order valence-corrected chi connectivity index (χ1v) is 10.1. The number of nitrogens with one attached hydrogen (secondary N) is 1. The highest BCUT2D eigenvalue weighted by Gasteiger charge is 2.21. The van der Waals surface area contributed by atoms with Crippen molar-refractivity contribution in [1.29, 1.82) is 0 Å². The fourth-order valence-corrected chi connectivity index (χ4v) is 4.03. The predicted molar refractivity (Wildman–Crippen MR) is 109 cm³/mol. The lowest BCUT2D eigenvalue weighted by Gasteiger charge is -2.22. The molecular weight excluding hydrogens is 401 g/mol. The summed E-state index contributed by atoms with van der Waals surface area (Å²) in [6.07, 6.45) is 7.70. The van der Waals surface area contributed by atoms with Gasteiger partial charge in [-0.1, -0.05) is 29.3 Å². The Morgan fingerprint density at radius 3 is 3.00 bits per heavy atom. The van der Waals surface area contributed by atoms with E-state index in [9.17, 15) is 4.79 Å². The van der Waals surface area contributed by atoms with E-state index in [0.29, 0.717) is 16.5 Å². The monoisotopic (exact) mass is 421 g/mol. The highest BCUT2D eigenvalue weighted by atomic mass is 35.5. The van der Waals surface area contributed by atoms with Gasteiger partial charge in [-0.05, 0) is 31.7 Å². The number of nitrogens with zero attached hydrogens (tertiary/aromatic N) is 2. The number of carbonyl (C=O) groups excluding carboxylic acids is 1. The number of rotatable bonds is 5. The van der Waals surface area contributed by atoms with E-state index in [2.05, 4.69) is 10.1 Å². The molecule has 0 aliphatic carbocycles. The normalized spacial score (nSPS) is 17.2. The van der Waals surface area contributed by atoms with Gasteiger partial charge in [0, 0.05) is 35.0 Å². The maximum absolute atomic E-state index is 11.7. The van der Waals surface area contributed by atoms with Gasteiger partial charge in [0.15, 0.2) is 0 Å². The van der Waals surface area contributed by atoms with Gasteiger partial charge >= 0.3 is 5.97 Å². The van der Waals surface area contributed by atoms with Gasteiger partial charge in [-0.15, -0.1) is 0 Å². The van der Waals surface area contributed by atoms with Crippen LogP contribution in [-0.2, 0) is 20.7 Å². The molecule has 8 heteroatoms. The van der Waals surface area contributed by atoms with Crippen LogP contribution in [0.3, 0.4) is 0 Å². The molecule has 1 aromatic carbocycles. The summed E-state index contributed by atoms with van der Waals surface area (Å²) in [5, 5.41) is 6.41. The number of hydrogen-bond acceptors (Lipinski definition) is 4. The Hall–Kier alpha value is -2.02. The molecule has 0 spiro atoms. The zero-order valence-corrected chi connectivity index (χ0v) is 17.0. The van der Waals surface area contributed by atoms with Gasteiger partial charge in [-0.3, -0.25) is 4.79 Å². The summed E-state index contributed by atoms with van der Waals surface area (Å²) in [5.41, 5.74) is 3.57. The smallest absolute Gasteiger partial charge is 0.305 e. The van der Waals surface area contributed by atoms with E-state index >= 15 is 0 Å². The lowest BCUT2D eigenvalue weighted by atomic mass is 10.0. The van der Waals surface area contributed by atoms with Gasteiger partial charge in [-0.2, -0.15) is 5.10 Å². The summed E-state index contributed by atoms with van der Waals surface area (Å²) in [6, 6.07) is 3.72. The Labute approximate surface area is 172 Å². The zero-order chi connectivity index (χ0) is 19.7. The van der Waals surface area contributed by atoms with Crippen molar-refractivity contribution in [1.82, 2.24) is 14.8 Å². The molecule has 28 heavy (non-hydrogen) atoms. The molecule has 6 nitrogen and oxygen atoms in total. The summed E-state index contributed by atoms with van der Waals surface area (Å²) in [7, 11) is 1.39. The number of aryl methyl sites for hydroxylation is 1. The van der Waals surface area contributed by atoms with E-state index in [0.717, 1.165) is 53.6 Å². The summed E-state index contributed by atoms with van der Waals surface area (Å²) >= 11 is 12.6. The molecule has 4 rings (SSSR count). The molecule has 2 aromatic heterocycles. The summed E-state index contributed by atoms with van der Waals surface area (Å²) in [6.45, 7) is 0.755. The number of fused-ring (bicyclic) bond motifs is 1. The number of aromatic amines is 1. The maximum Gasteiger partial charge on any atom is 0.305 e. The summed E-state index contributed by atoms with van der Waals surface area (Å²) in [5.74, 6) is -0.264. The minimum Gasteiger partial charge on any atom is -0.469 e. The average Bonchev–Trinajstić information content (AvgIpc) is 3.34. The quantitative estimate of drug-likeness (QED) is 0.578. The number of esters is 1. The second-order valence-electron chi connectivity index (χ2n) is 6.87. The number of hydrogen-bond donors (Lipinski definition) is 1. The van der Waals surface area contributed by atoms with E-state index < -0.39 is 0 Å². The topological polar surface area (TPSA) is 69.1 Å². The van der Waals surface area contributed by atoms with Crippen LogP contribution in [0.25, 0.3) is 22.0 Å². The summed E-state index contributed by atoms with van der Waals surface area (Å²) in [4.78, 5) is 15.0.